The van der Waals surface area contributed by atoms with Crippen molar-refractivity contribution < 1.29 is 14.3 Å². The summed E-state index contributed by atoms with van der Waals surface area (Å²) in [5, 5.41) is 8.57. The number of nitrogens with one attached hydrogen (secondary N) is 1. The maximum atomic E-state index is 12.3. The lowest BCUT2D eigenvalue weighted by molar-refractivity contribution is 0.0376. The summed E-state index contributed by atoms with van der Waals surface area (Å²) in [5.74, 6) is -0.676. The highest BCUT2D eigenvalue weighted by molar-refractivity contribution is 6.00. The van der Waals surface area contributed by atoms with Crippen LogP contribution in [0.2, 0.25) is 0 Å². The minimum atomic E-state index is -0.435. The highest BCUT2D eigenvalue weighted by Crippen LogP contribution is 2.20. The number of carbonyl (C=O) groups is 2. The number of nitriles is 1. The number of hydrogen-bond donors (Lipinski definition) is 1. The average Bonchev–Trinajstić information content (AvgIpc) is 2.69. The molecule has 0 bridgehead atoms. The first-order valence-electron chi connectivity index (χ1n) is 6.82. The predicted molar refractivity (Wildman–Crippen MR) is 78.0 cm³/mol. The minimum Gasteiger partial charge on any atom is -0.459 e. The molecule has 0 aliphatic rings. The molecule has 1 rings (SSSR count). The summed E-state index contributed by atoms with van der Waals surface area (Å²) in [6, 6.07) is 2.00. The molecular formula is C15H21N3O3. The molecule has 1 amide bonds. The second-order valence-electron chi connectivity index (χ2n) is 5.21. The molecule has 0 saturated heterocycles. The molecule has 0 aliphatic carbocycles. The summed E-state index contributed by atoms with van der Waals surface area (Å²) < 4.78 is 5.19. The van der Waals surface area contributed by atoms with Gasteiger partial charge >= 0.3 is 5.97 Å². The number of aromatic amines is 1. The number of aryl methyl sites for hydroxylation is 1. The van der Waals surface area contributed by atoms with Gasteiger partial charge in [-0.15, -0.1) is 0 Å². The molecule has 0 aromatic carbocycles. The van der Waals surface area contributed by atoms with Crippen LogP contribution in [0.3, 0.4) is 0 Å². The number of H-pyrrole nitrogens is 1. The molecule has 0 fully saturated rings. The molecule has 1 N–H and O–H groups in total. The number of aromatic nitrogens is 1. The van der Waals surface area contributed by atoms with Crippen molar-refractivity contribution in [3.05, 3.63) is 22.5 Å². The van der Waals surface area contributed by atoms with E-state index in [2.05, 4.69) is 4.98 Å². The SMILES string of the molecule is Cc1[nH]c(C(=O)N(C)CCC#N)c(C)c1C(=O)OC(C)C. The molecular weight excluding hydrogens is 270 g/mol. The van der Waals surface area contributed by atoms with Crippen LogP contribution in [0.4, 0.5) is 0 Å². The van der Waals surface area contributed by atoms with Crippen molar-refractivity contribution in [1.29, 1.82) is 5.26 Å². The Bertz CT molecular complexity index is 582. The highest BCUT2D eigenvalue weighted by Gasteiger charge is 2.25. The Balaban J connectivity index is 3.04. The molecule has 1 heterocycles. The fraction of sp³-hybridized carbons (Fsp3) is 0.533. The Kier molecular flexibility index (Phi) is 5.53. The minimum absolute atomic E-state index is 0.219. The zero-order valence-corrected chi connectivity index (χ0v) is 13.1. The Morgan fingerprint density at radius 2 is 2.00 bits per heavy atom. The van der Waals surface area contributed by atoms with Gasteiger partial charge in [0.2, 0.25) is 0 Å². The second-order valence-corrected chi connectivity index (χ2v) is 5.21. The van der Waals surface area contributed by atoms with E-state index < -0.39 is 5.97 Å². The van der Waals surface area contributed by atoms with Gasteiger partial charge in [-0.05, 0) is 33.3 Å². The van der Waals surface area contributed by atoms with Crippen LogP contribution in [0.1, 0.15) is 52.4 Å². The van der Waals surface area contributed by atoms with Crippen LogP contribution < -0.4 is 0 Å². The molecule has 0 spiro atoms. The third-order valence-corrected chi connectivity index (χ3v) is 3.10. The molecule has 114 valence electrons. The van der Waals surface area contributed by atoms with Crippen LogP contribution in [0.5, 0.6) is 0 Å². The standard InChI is InChI=1S/C15H21N3O3/c1-9(2)21-15(20)12-10(3)13(17-11(12)4)14(19)18(5)8-6-7-16/h9,17H,6,8H2,1-5H3. The number of ether oxygens (including phenoxy) is 1. The molecule has 0 saturated carbocycles. The first-order chi connectivity index (χ1) is 9.79. The Morgan fingerprint density at radius 3 is 2.52 bits per heavy atom. The van der Waals surface area contributed by atoms with Gasteiger partial charge < -0.3 is 14.6 Å². The van der Waals surface area contributed by atoms with E-state index in [9.17, 15) is 9.59 Å². The van der Waals surface area contributed by atoms with Crippen LogP contribution in [0.25, 0.3) is 0 Å². The molecule has 6 nitrogen and oxygen atoms in total. The Hall–Kier alpha value is -2.29. The first-order valence-corrected chi connectivity index (χ1v) is 6.82. The topological polar surface area (TPSA) is 86.2 Å². The maximum absolute atomic E-state index is 12.3. The number of carbonyl (C=O) groups excluding carboxylic acids is 2. The summed E-state index contributed by atoms with van der Waals surface area (Å²) >= 11 is 0. The summed E-state index contributed by atoms with van der Waals surface area (Å²) in [6.45, 7) is 7.34. The van der Waals surface area contributed by atoms with Gasteiger partial charge in [0.05, 0.1) is 24.2 Å². The lowest BCUT2D eigenvalue weighted by Crippen LogP contribution is -2.28. The van der Waals surface area contributed by atoms with Gasteiger partial charge in [0.25, 0.3) is 5.91 Å². The van der Waals surface area contributed by atoms with Gasteiger partial charge in [-0.2, -0.15) is 5.26 Å². The highest BCUT2D eigenvalue weighted by atomic mass is 16.5. The third-order valence-electron chi connectivity index (χ3n) is 3.10. The summed E-state index contributed by atoms with van der Waals surface area (Å²) in [5.41, 5.74) is 1.95. The predicted octanol–water partition coefficient (Wildman–Crippen LogP) is 2.18. The Morgan fingerprint density at radius 1 is 1.38 bits per heavy atom. The van der Waals surface area contributed by atoms with Crippen LogP contribution >= 0.6 is 0 Å². The van der Waals surface area contributed by atoms with Crippen molar-refractivity contribution in [3.63, 3.8) is 0 Å². The van der Waals surface area contributed by atoms with E-state index in [1.807, 2.05) is 6.07 Å². The van der Waals surface area contributed by atoms with E-state index in [1.54, 1.807) is 34.7 Å². The van der Waals surface area contributed by atoms with Gasteiger partial charge in [-0.3, -0.25) is 4.79 Å². The van der Waals surface area contributed by atoms with E-state index in [4.69, 9.17) is 10.00 Å². The normalized spacial score (nSPS) is 10.3. The number of hydrogen-bond acceptors (Lipinski definition) is 4. The van der Waals surface area contributed by atoms with Crippen molar-refractivity contribution in [2.24, 2.45) is 0 Å². The second kappa shape index (κ2) is 6.93. The van der Waals surface area contributed by atoms with Gasteiger partial charge in [-0.1, -0.05) is 0 Å². The quantitative estimate of drug-likeness (QED) is 0.842. The van der Waals surface area contributed by atoms with E-state index in [0.717, 1.165) is 0 Å². The largest absolute Gasteiger partial charge is 0.459 e. The molecule has 1 aromatic heterocycles. The maximum Gasteiger partial charge on any atom is 0.340 e. The van der Waals surface area contributed by atoms with Crippen molar-refractivity contribution in [2.45, 2.75) is 40.2 Å². The number of amides is 1. The van der Waals surface area contributed by atoms with Crippen molar-refractivity contribution >= 4 is 11.9 Å². The monoisotopic (exact) mass is 291 g/mol. The average molecular weight is 291 g/mol. The van der Waals surface area contributed by atoms with Crippen LogP contribution in [-0.4, -0.2) is 41.5 Å². The number of rotatable bonds is 5. The summed E-state index contributed by atoms with van der Waals surface area (Å²) in [7, 11) is 1.63. The smallest absolute Gasteiger partial charge is 0.340 e. The fourth-order valence-corrected chi connectivity index (χ4v) is 2.05. The molecule has 0 unspecified atom stereocenters. The summed E-state index contributed by atoms with van der Waals surface area (Å²) in [4.78, 5) is 28.8. The fourth-order valence-electron chi connectivity index (χ4n) is 2.05. The number of nitrogens with zero attached hydrogens (tertiary/aromatic N) is 2. The Labute approximate surface area is 124 Å². The first kappa shape index (κ1) is 16.8. The van der Waals surface area contributed by atoms with Crippen LogP contribution in [0, 0.1) is 25.2 Å². The van der Waals surface area contributed by atoms with E-state index in [0.29, 0.717) is 29.1 Å². The van der Waals surface area contributed by atoms with Gasteiger partial charge in [0.1, 0.15) is 5.69 Å². The van der Waals surface area contributed by atoms with Crippen LogP contribution in [0.15, 0.2) is 0 Å². The van der Waals surface area contributed by atoms with Crippen molar-refractivity contribution in [1.82, 2.24) is 9.88 Å². The van der Waals surface area contributed by atoms with Crippen molar-refractivity contribution in [2.75, 3.05) is 13.6 Å². The zero-order chi connectivity index (χ0) is 16.2. The summed E-state index contributed by atoms with van der Waals surface area (Å²) in [6.07, 6.45) is 0.0483. The zero-order valence-electron chi connectivity index (χ0n) is 13.1. The molecule has 0 aliphatic heterocycles. The molecule has 6 heteroatoms. The molecule has 0 atom stereocenters. The van der Waals surface area contributed by atoms with Crippen LogP contribution in [-0.2, 0) is 4.74 Å². The molecule has 21 heavy (non-hydrogen) atoms. The van der Waals surface area contributed by atoms with Gasteiger partial charge in [-0.25, -0.2) is 4.79 Å². The van der Waals surface area contributed by atoms with E-state index in [1.165, 1.54) is 4.90 Å². The molecule has 0 radical (unpaired) electrons. The lowest BCUT2D eigenvalue weighted by atomic mass is 10.1. The number of esters is 1. The van der Waals surface area contributed by atoms with Crippen molar-refractivity contribution in [3.8, 4) is 6.07 Å². The lowest BCUT2D eigenvalue weighted by Gasteiger charge is -2.15. The van der Waals surface area contributed by atoms with Gasteiger partial charge in [0.15, 0.2) is 0 Å². The third kappa shape index (κ3) is 3.85. The van der Waals surface area contributed by atoms with E-state index >= 15 is 0 Å². The molecule has 1 aromatic rings. The van der Waals surface area contributed by atoms with E-state index in [-0.39, 0.29) is 18.4 Å². The van der Waals surface area contributed by atoms with Gasteiger partial charge in [0, 0.05) is 19.3 Å².